The van der Waals surface area contributed by atoms with Crippen molar-refractivity contribution in [3.63, 3.8) is 0 Å². The molecule has 2 aromatic carbocycles. The van der Waals surface area contributed by atoms with E-state index < -0.39 is 0 Å². The van der Waals surface area contributed by atoms with Gasteiger partial charge in [0.05, 0.1) is 5.69 Å². The smallest absolute Gasteiger partial charge is 0.231 e. The third kappa shape index (κ3) is 3.33. The highest BCUT2D eigenvalue weighted by Crippen LogP contribution is 2.32. The van der Waals surface area contributed by atoms with Crippen molar-refractivity contribution in [2.75, 3.05) is 17.8 Å². The standard InChI is InChI=1S/C19H18N4O2/c1-12-3-2-4-14(7-12)15-9-18(23-19(20)22-15)21-10-13-5-6-16-17(8-13)25-11-24-16/h2-9H,10-11H2,1H3,(H3,20,21,22,23). The Hall–Kier alpha value is -3.28. The van der Waals surface area contributed by atoms with Crippen LogP contribution in [0.1, 0.15) is 11.1 Å². The quantitative estimate of drug-likeness (QED) is 0.761. The van der Waals surface area contributed by atoms with Crippen LogP contribution >= 0.6 is 0 Å². The van der Waals surface area contributed by atoms with Crippen LogP contribution in [0.15, 0.2) is 48.5 Å². The molecule has 1 aliphatic rings. The molecule has 3 aromatic rings. The highest BCUT2D eigenvalue weighted by atomic mass is 16.7. The highest BCUT2D eigenvalue weighted by molar-refractivity contribution is 5.64. The van der Waals surface area contributed by atoms with Gasteiger partial charge in [-0.15, -0.1) is 0 Å². The van der Waals surface area contributed by atoms with Crippen molar-refractivity contribution in [2.24, 2.45) is 0 Å². The van der Waals surface area contributed by atoms with Gasteiger partial charge in [-0.05, 0) is 30.7 Å². The lowest BCUT2D eigenvalue weighted by molar-refractivity contribution is 0.174. The predicted molar refractivity (Wildman–Crippen MR) is 96.5 cm³/mol. The summed E-state index contributed by atoms with van der Waals surface area (Å²) in [6.45, 7) is 2.92. The van der Waals surface area contributed by atoms with Crippen molar-refractivity contribution >= 4 is 11.8 Å². The molecular weight excluding hydrogens is 316 g/mol. The molecule has 0 saturated heterocycles. The summed E-state index contributed by atoms with van der Waals surface area (Å²) < 4.78 is 10.7. The minimum atomic E-state index is 0.243. The molecule has 25 heavy (non-hydrogen) atoms. The fraction of sp³-hybridized carbons (Fsp3) is 0.158. The molecule has 0 spiro atoms. The van der Waals surface area contributed by atoms with E-state index in [-0.39, 0.29) is 12.7 Å². The number of nitrogens with two attached hydrogens (primary N) is 1. The number of anilines is 2. The van der Waals surface area contributed by atoms with Crippen molar-refractivity contribution in [1.29, 1.82) is 0 Å². The van der Waals surface area contributed by atoms with E-state index in [1.165, 1.54) is 5.56 Å². The van der Waals surface area contributed by atoms with Crippen LogP contribution in [0.4, 0.5) is 11.8 Å². The van der Waals surface area contributed by atoms with Gasteiger partial charge in [-0.1, -0.05) is 29.8 Å². The SMILES string of the molecule is Cc1cccc(-c2cc(NCc3ccc4c(c3)OCO4)nc(N)n2)c1. The molecule has 0 bridgehead atoms. The van der Waals surface area contributed by atoms with Crippen LogP contribution < -0.4 is 20.5 Å². The van der Waals surface area contributed by atoms with Crippen LogP contribution in [0.25, 0.3) is 11.3 Å². The average Bonchev–Trinajstić information content (AvgIpc) is 3.07. The molecule has 0 amide bonds. The van der Waals surface area contributed by atoms with Crippen LogP contribution in [-0.4, -0.2) is 16.8 Å². The van der Waals surface area contributed by atoms with Crippen LogP contribution in [0, 0.1) is 6.92 Å². The van der Waals surface area contributed by atoms with E-state index in [0.717, 1.165) is 28.3 Å². The van der Waals surface area contributed by atoms with Crippen molar-refractivity contribution in [1.82, 2.24) is 9.97 Å². The second-order valence-electron chi connectivity index (χ2n) is 5.91. The Morgan fingerprint density at radius 3 is 2.80 bits per heavy atom. The minimum Gasteiger partial charge on any atom is -0.454 e. The fourth-order valence-electron chi connectivity index (χ4n) is 2.75. The first-order valence-electron chi connectivity index (χ1n) is 8.01. The third-order valence-corrected chi connectivity index (χ3v) is 3.97. The molecule has 0 unspecified atom stereocenters. The van der Waals surface area contributed by atoms with Gasteiger partial charge in [0.25, 0.3) is 0 Å². The molecule has 0 atom stereocenters. The number of hydrogen-bond acceptors (Lipinski definition) is 6. The minimum absolute atomic E-state index is 0.243. The number of nitrogens with one attached hydrogen (secondary N) is 1. The molecule has 126 valence electrons. The Morgan fingerprint density at radius 1 is 1.04 bits per heavy atom. The Morgan fingerprint density at radius 2 is 1.92 bits per heavy atom. The Balaban J connectivity index is 1.54. The van der Waals surface area contributed by atoms with Gasteiger partial charge >= 0.3 is 0 Å². The number of ether oxygens (including phenoxy) is 2. The largest absolute Gasteiger partial charge is 0.454 e. The van der Waals surface area contributed by atoms with E-state index in [4.69, 9.17) is 15.2 Å². The van der Waals surface area contributed by atoms with Crippen molar-refractivity contribution in [2.45, 2.75) is 13.5 Å². The fourth-order valence-corrected chi connectivity index (χ4v) is 2.75. The summed E-state index contributed by atoms with van der Waals surface area (Å²) in [6.07, 6.45) is 0. The predicted octanol–water partition coefficient (Wildman–Crippen LogP) is 3.38. The number of hydrogen-bond donors (Lipinski definition) is 2. The zero-order valence-electron chi connectivity index (χ0n) is 13.8. The van der Waals surface area contributed by atoms with Gasteiger partial charge in [0, 0.05) is 18.2 Å². The van der Waals surface area contributed by atoms with Crippen LogP contribution in [-0.2, 0) is 6.54 Å². The van der Waals surface area contributed by atoms with Crippen LogP contribution in [0.3, 0.4) is 0 Å². The molecule has 0 radical (unpaired) electrons. The molecule has 0 aliphatic carbocycles. The second kappa shape index (κ2) is 6.32. The molecule has 1 aliphatic heterocycles. The topological polar surface area (TPSA) is 82.3 Å². The number of rotatable bonds is 4. The first-order valence-corrected chi connectivity index (χ1v) is 8.01. The molecule has 6 heteroatoms. The molecule has 2 heterocycles. The monoisotopic (exact) mass is 334 g/mol. The number of nitrogens with zero attached hydrogens (tertiary/aromatic N) is 2. The van der Waals surface area contributed by atoms with Gasteiger partial charge in [0.15, 0.2) is 11.5 Å². The normalized spacial score (nSPS) is 12.2. The summed E-state index contributed by atoms with van der Waals surface area (Å²) in [5.41, 5.74) is 9.93. The molecule has 0 saturated carbocycles. The van der Waals surface area contributed by atoms with Gasteiger partial charge in [-0.2, -0.15) is 4.98 Å². The van der Waals surface area contributed by atoms with E-state index in [1.54, 1.807) is 0 Å². The van der Waals surface area contributed by atoms with E-state index >= 15 is 0 Å². The lowest BCUT2D eigenvalue weighted by Gasteiger charge is -2.09. The van der Waals surface area contributed by atoms with E-state index in [9.17, 15) is 0 Å². The number of aryl methyl sites for hydroxylation is 1. The van der Waals surface area contributed by atoms with Crippen LogP contribution in [0.5, 0.6) is 11.5 Å². The first-order chi connectivity index (χ1) is 12.2. The molecular formula is C19H18N4O2. The number of benzene rings is 2. The summed E-state index contributed by atoms with van der Waals surface area (Å²) in [4.78, 5) is 8.61. The zero-order valence-corrected chi connectivity index (χ0v) is 13.8. The van der Waals surface area contributed by atoms with Gasteiger partial charge in [0.2, 0.25) is 12.7 Å². The molecule has 4 rings (SSSR count). The van der Waals surface area contributed by atoms with Gasteiger partial charge in [-0.3, -0.25) is 0 Å². The van der Waals surface area contributed by atoms with Gasteiger partial charge in [0.1, 0.15) is 5.82 Å². The number of aromatic nitrogens is 2. The number of fused-ring (bicyclic) bond motifs is 1. The number of nitrogen functional groups attached to an aromatic ring is 1. The average molecular weight is 334 g/mol. The molecule has 3 N–H and O–H groups in total. The third-order valence-electron chi connectivity index (χ3n) is 3.97. The van der Waals surface area contributed by atoms with Crippen molar-refractivity contribution < 1.29 is 9.47 Å². The van der Waals surface area contributed by atoms with Crippen LogP contribution in [0.2, 0.25) is 0 Å². The van der Waals surface area contributed by atoms with E-state index in [0.29, 0.717) is 12.4 Å². The van der Waals surface area contributed by atoms with Crippen molar-refractivity contribution in [3.05, 3.63) is 59.7 Å². The lowest BCUT2D eigenvalue weighted by atomic mass is 10.1. The highest BCUT2D eigenvalue weighted by Gasteiger charge is 2.13. The summed E-state index contributed by atoms with van der Waals surface area (Å²) in [5, 5.41) is 3.29. The van der Waals surface area contributed by atoms with Crippen molar-refractivity contribution in [3.8, 4) is 22.8 Å². The Kier molecular flexibility index (Phi) is 3.85. The summed E-state index contributed by atoms with van der Waals surface area (Å²) in [5.74, 6) is 2.47. The Labute approximate surface area is 145 Å². The second-order valence-corrected chi connectivity index (χ2v) is 5.91. The maximum atomic E-state index is 5.88. The maximum Gasteiger partial charge on any atom is 0.231 e. The Bertz CT molecular complexity index is 927. The van der Waals surface area contributed by atoms with Gasteiger partial charge in [-0.25, -0.2) is 4.98 Å². The first kappa shape index (κ1) is 15.3. The van der Waals surface area contributed by atoms with E-state index in [1.807, 2.05) is 49.4 Å². The maximum absolute atomic E-state index is 5.88. The molecule has 6 nitrogen and oxygen atoms in total. The lowest BCUT2D eigenvalue weighted by Crippen LogP contribution is -2.05. The summed E-state index contributed by atoms with van der Waals surface area (Å²) in [6, 6.07) is 15.9. The molecule has 1 aromatic heterocycles. The summed E-state index contributed by atoms with van der Waals surface area (Å²) >= 11 is 0. The van der Waals surface area contributed by atoms with E-state index in [2.05, 4.69) is 21.4 Å². The summed E-state index contributed by atoms with van der Waals surface area (Å²) in [7, 11) is 0. The molecule has 0 fully saturated rings. The zero-order chi connectivity index (χ0) is 17.2. The van der Waals surface area contributed by atoms with Gasteiger partial charge < -0.3 is 20.5 Å².